The van der Waals surface area contributed by atoms with E-state index < -0.39 is 0 Å². The number of imidazole rings is 1. The molecule has 1 saturated carbocycles. The molecular weight excluding hydrogens is 404 g/mol. The van der Waals surface area contributed by atoms with E-state index in [0.29, 0.717) is 29.3 Å². The number of rotatable bonds is 6. The summed E-state index contributed by atoms with van der Waals surface area (Å²) < 4.78 is 10.3. The largest absolute Gasteiger partial charge is 0.496 e. The van der Waals surface area contributed by atoms with Crippen LogP contribution in [0.3, 0.4) is 0 Å². The Balaban J connectivity index is 1.73. The van der Waals surface area contributed by atoms with Crippen LogP contribution in [0, 0.1) is 0 Å². The van der Waals surface area contributed by atoms with E-state index in [-0.39, 0.29) is 17.3 Å². The van der Waals surface area contributed by atoms with Crippen LogP contribution < -0.4 is 16.0 Å². The van der Waals surface area contributed by atoms with Crippen molar-refractivity contribution < 1.29 is 4.74 Å². The third kappa shape index (κ3) is 3.34. The van der Waals surface area contributed by atoms with Gasteiger partial charge in [0, 0.05) is 11.6 Å². The molecule has 0 radical (unpaired) electrons. The van der Waals surface area contributed by atoms with Gasteiger partial charge in [0.1, 0.15) is 5.75 Å². The van der Waals surface area contributed by atoms with E-state index in [1.165, 1.54) is 10.1 Å². The Morgan fingerprint density at radius 1 is 1.06 bits per heavy atom. The summed E-state index contributed by atoms with van der Waals surface area (Å²) in [4.78, 5) is 31.4. The average Bonchev–Trinajstić information content (AvgIpc) is 3.54. The number of methoxy groups -OCH3 is 1. The summed E-state index contributed by atoms with van der Waals surface area (Å²) in [7, 11) is 1.63. The fraction of sp³-hybridized carbons (Fsp3) is 0.320. The highest BCUT2D eigenvalue weighted by Gasteiger charge is 2.30. The monoisotopic (exact) mass is 430 g/mol. The normalized spacial score (nSPS) is 13.8. The van der Waals surface area contributed by atoms with Gasteiger partial charge in [0.2, 0.25) is 0 Å². The van der Waals surface area contributed by atoms with Gasteiger partial charge < -0.3 is 9.30 Å². The van der Waals surface area contributed by atoms with Crippen molar-refractivity contribution >= 4 is 11.2 Å². The first-order valence-electron chi connectivity index (χ1n) is 10.9. The molecule has 1 fully saturated rings. The standard InChI is InChI=1S/C25H26N4O3/c1-16(2)17-8-10-19(11-9-17)28-23-22(24(30)29(25(28)31)20-12-13-20)27(15-26-23)14-18-6-4-5-7-21(18)32-3/h4-11,15-16,20H,12-14H2,1-3H3. The van der Waals surface area contributed by atoms with Crippen LogP contribution in [0.1, 0.15) is 49.8 Å². The van der Waals surface area contributed by atoms with Crippen LogP contribution in [0.2, 0.25) is 0 Å². The zero-order valence-electron chi connectivity index (χ0n) is 18.5. The Bertz CT molecular complexity index is 1410. The van der Waals surface area contributed by atoms with E-state index in [1.807, 2.05) is 53.1 Å². The highest BCUT2D eigenvalue weighted by atomic mass is 16.5. The summed E-state index contributed by atoms with van der Waals surface area (Å²) in [6.45, 7) is 4.68. The van der Waals surface area contributed by atoms with Gasteiger partial charge in [-0.3, -0.25) is 9.36 Å². The molecule has 1 aliphatic rings. The van der Waals surface area contributed by atoms with Gasteiger partial charge in [-0.25, -0.2) is 14.3 Å². The Hall–Kier alpha value is -3.61. The molecule has 7 nitrogen and oxygen atoms in total. The molecule has 164 valence electrons. The Labute approximate surface area is 185 Å². The molecule has 0 saturated heterocycles. The van der Waals surface area contributed by atoms with Crippen LogP contribution in [0.15, 0.2) is 64.4 Å². The second-order valence-corrected chi connectivity index (χ2v) is 8.63. The van der Waals surface area contributed by atoms with Crippen molar-refractivity contribution in [1.82, 2.24) is 18.7 Å². The predicted octanol–water partition coefficient (Wildman–Crippen LogP) is 3.86. The summed E-state index contributed by atoms with van der Waals surface area (Å²) in [5.41, 5.74) is 3.03. The van der Waals surface area contributed by atoms with Crippen LogP contribution in [-0.4, -0.2) is 25.8 Å². The summed E-state index contributed by atoms with van der Waals surface area (Å²) in [5, 5.41) is 0. The summed E-state index contributed by atoms with van der Waals surface area (Å²) in [5.74, 6) is 1.13. The van der Waals surface area contributed by atoms with Crippen molar-refractivity contribution in [1.29, 1.82) is 0 Å². The molecule has 0 N–H and O–H groups in total. The first-order valence-corrected chi connectivity index (χ1v) is 10.9. The number of ether oxygens (including phenoxy) is 1. The molecular formula is C25H26N4O3. The third-order valence-electron chi connectivity index (χ3n) is 6.11. The maximum Gasteiger partial charge on any atom is 0.337 e. The minimum Gasteiger partial charge on any atom is -0.496 e. The molecule has 0 spiro atoms. The van der Waals surface area contributed by atoms with Crippen molar-refractivity contribution in [2.45, 2.75) is 45.2 Å². The lowest BCUT2D eigenvalue weighted by Gasteiger charge is -2.14. The number of benzene rings is 2. The van der Waals surface area contributed by atoms with Crippen molar-refractivity contribution in [3.05, 3.63) is 86.8 Å². The van der Waals surface area contributed by atoms with Gasteiger partial charge in [-0.15, -0.1) is 0 Å². The van der Waals surface area contributed by atoms with Gasteiger partial charge in [-0.1, -0.05) is 44.2 Å². The molecule has 0 bridgehead atoms. The summed E-state index contributed by atoms with van der Waals surface area (Å²) >= 11 is 0. The first kappa shape index (κ1) is 20.3. The fourth-order valence-electron chi connectivity index (χ4n) is 4.19. The maximum absolute atomic E-state index is 13.4. The van der Waals surface area contributed by atoms with Crippen LogP contribution in [0.25, 0.3) is 16.9 Å². The minimum absolute atomic E-state index is 0.0461. The zero-order chi connectivity index (χ0) is 22.4. The van der Waals surface area contributed by atoms with E-state index in [1.54, 1.807) is 18.0 Å². The molecule has 2 aromatic carbocycles. The van der Waals surface area contributed by atoms with Crippen molar-refractivity contribution in [3.8, 4) is 11.4 Å². The van der Waals surface area contributed by atoms with E-state index in [4.69, 9.17) is 4.74 Å². The average molecular weight is 431 g/mol. The Morgan fingerprint density at radius 2 is 1.78 bits per heavy atom. The smallest absolute Gasteiger partial charge is 0.337 e. The molecule has 1 aliphatic carbocycles. The third-order valence-corrected chi connectivity index (χ3v) is 6.11. The number of aromatic nitrogens is 4. The Morgan fingerprint density at radius 3 is 2.44 bits per heavy atom. The Kier molecular flexibility index (Phi) is 4.96. The van der Waals surface area contributed by atoms with Crippen molar-refractivity contribution in [2.75, 3.05) is 7.11 Å². The molecule has 2 aromatic heterocycles. The highest BCUT2D eigenvalue weighted by Crippen LogP contribution is 2.33. The molecule has 32 heavy (non-hydrogen) atoms. The van der Waals surface area contributed by atoms with Gasteiger partial charge in [-0.2, -0.15) is 0 Å². The molecule has 0 aliphatic heterocycles. The SMILES string of the molecule is COc1ccccc1Cn1cnc2c1c(=O)n(C1CC1)c(=O)n2-c1ccc(C(C)C)cc1. The lowest BCUT2D eigenvalue weighted by Crippen LogP contribution is -2.39. The molecule has 5 rings (SSSR count). The van der Waals surface area contributed by atoms with Gasteiger partial charge >= 0.3 is 5.69 Å². The quantitative estimate of drug-likeness (QED) is 0.466. The van der Waals surface area contributed by atoms with Crippen molar-refractivity contribution in [2.24, 2.45) is 0 Å². The van der Waals surface area contributed by atoms with E-state index in [0.717, 1.165) is 24.2 Å². The van der Waals surface area contributed by atoms with Crippen molar-refractivity contribution in [3.63, 3.8) is 0 Å². The highest BCUT2D eigenvalue weighted by molar-refractivity contribution is 5.72. The molecule has 0 atom stereocenters. The maximum atomic E-state index is 13.4. The van der Waals surface area contributed by atoms with Gasteiger partial charge in [0.05, 0.1) is 25.7 Å². The van der Waals surface area contributed by atoms with E-state index in [2.05, 4.69) is 18.8 Å². The van der Waals surface area contributed by atoms with Crippen LogP contribution >= 0.6 is 0 Å². The molecule has 2 heterocycles. The minimum atomic E-state index is -0.329. The summed E-state index contributed by atoms with van der Waals surface area (Å²) in [6.07, 6.45) is 3.31. The summed E-state index contributed by atoms with van der Waals surface area (Å²) in [6, 6.07) is 15.6. The lowest BCUT2D eigenvalue weighted by molar-refractivity contribution is 0.408. The molecule has 7 heteroatoms. The van der Waals surface area contributed by atoms with Crippen LogP contribution in [-0.2, 0) is 6.54 Å². The molecule has 0 unspecified atom stereocenters. The second-order valence-electron chi connectivity index (χ2n) is 8.63. The van der Waals surface area contributed by atoms with Gasteiger partial charge in [0.25, 0.3) is 5.56 Å². The second kappa shape index (κ2) is 7.82. The lowest BCUT2D eigenvalue weighted by atomic mass is 10.0. The number of nitrogens with zero attached hydrogens (tertiary/aromatic N) is 4. The first-order chi connectivity index (χ1) is 15.5. The molecule has 0 amide bonds. The number of hydrogen-bond donors (Lipinski definition) is 0. The predicted molar refractivity (Wildman–Crippen MR) is 124 cm³/mol. The number of hydrogen-bond acceptors (Lipinski definition) is 4. The van der Waals surface area contributed by atoms with E-state index >= 15 is 0 Å². The van der Waals surface area contributed by atoms with E-state index in [9.17, 15) is 9.59 Å². The fourth-order valence-corrected chi connectivity index (χ4v) is 4.19. The van der Waals surface area contributed by atoms with Gasteiger partial charge in [0.15, 0.2) is 11.2 Å². The zero-order valence-corrected chi connectivity index (χ0v) is 18.5. The number of fused-ring (bicyclic) bond motifs is 1. The van der Waals surface area contributed by atoms with Crippen LogP contribution in [0.4, 0.5) is 0 Å². The van der Waals surface area contributed by atoms with Gasteiger partial charge in [-0.05, 0) is 42.5 Å². The topological polar surface area (TPSA) is 71.1 Å². The molecule has 4 aromatic rings. The number of para-hydroxylation sites is 1. The van der Waals surface area contributed by atoms with Crippen LogP contribution in [0.5, 0.6) is 5.75 Å².